The molecule has 0 saturated carbocycles. The fraction of sp³-hybridized carbons (Fsp3) is 0.600. The molecular formula is C20H32N4O2. The molecule has 0 bridgehead atoms. The predicted molar refractivity (Wildman–Crippen MR) is 105 cm³/mol. The Balaban J connectivity index is 1.72. The number of para-hydroxylation sites is 1. The van der Waals surface area contributed by atoms with Gasteiger partial charge in [-0.2, -0.15) is 0 Å². The van der Waals surface area contributed by atoms with Crippen LogP contribution in [0.15, 0.2) is 30.3 Å². The Morgan fingerprint density at radius 2 is 1.96 bits per heavy atom. The van der Waals surface area contributed by atoms with Crippen molar-refractivity contribution in [3.8, 4) is 0 Å². The van der Waals surface area contributed by atoms with Crippen LogP contribution in [0.2, 0.25) is 0 Å². The lowest BCUT2D eigenvalue weighted by atomic mass is 10.2. The van der Waals surface area contributed by atoms with Crippen LogP contribution in [0, 0.1) is 0 Å². The Bertz CT molecular complexity index is 574. The van der Waals surface area contributed by atoms with E-state index in [1.807, 2.05) is 37.3 Å². The van der Waals surface area contributed by atoms with Gasteiger partial charge in [-0.1, -0.05) is 32.0 Å². The van der Waals surface area contributed by atoms with Crippen LogP contribution in [-0.2, 0) is 4.79 Å². The van der Waals surface area contributed by atoms with Crippen molar-refractivity contribution in [1.82, 2.24) is 15.5 Å². The number of benzene rings is 1. The first-order chi connectivity index (χ1) is 12.5. The molecule has 0 spiro atoms. The lowest BCUT2D eigenvalue weighted by molar-refractivity contribution is -0.117. The molecule has 26 heavy (non-hydrogen) atoms. The number of hydrogen-bond acceptors (Lipinski definition) is 3. The molecule has 3 amide bonds. The van der Waals surface area contributed by atoms with Gasteiger partial charge in [0, 0.05) is 24.7 Å². The van der Waals surface area contributed by atoms with Crippen LogP contribution in [0.5, 0.6) is 0 Å². The fourth-order valence-corrected chi connectivity index (χ4v) is 3.35. The quantitative estimate of drug-likeness (QED) is 0.711. The highest BCUT2D eigenvalue weighted by Crippen LogP contribution is 2.20. The normalized spacial score (nSPS) is 18.2. The fourth-order valence-electron chi connectivity index (χ4n) is 3.35. The molecule has 1 saturated heterocycles. The second-order valence-corrected chi connectivity index (χ2v) is 6.93. The van der Waals surface area contributed by atoms with E-state index in [-0.39, 0.29) is 24.0 Å². The van der Waals surface area contributed by atoms with Crippen molar-refractivity contribution in [2.75, 3.05) is 31.1 Å². The number of anilines is 1. The van der Waals surface area contributed by atoms with Gasteiger partial charge in [-0.25, -0.2) is 4.79 Å². The van der Waals surface area contributed by atoms with Crippen LogP contribution in [0.1, 0.15) is 40.0 Å². The molecule has 0 unspecified atom stereocenters. The minimum absolute atomic E-state index is 0.0498. The smallest absolute Gasteiger partial charge is 0.315 e. The number of nitrogens with zero attached hydrogens (tertiary/aromatic N) is 2. The van der Waals surface area contributed by atoms with Crippen LogP contribution in [-0.4, -0.2) is 55.1 Å². The van der Waals surface area contributed by atoms with Crippen molar-refractivity contribution in [3.05, 3.63) is 30.3 Å². The minimum atomic E-state index is -0.187. The number of nitrogens with one attached hydrogen (secondary N) is 2. The molecule has 2 N–H and O–H groups in total. The van der Waals surface area contributed by atoms with Gasteiger partial charge in [0.2, 0.25) is 5.91 Å². The summed E-state index contributed by atoms with van der Waals surface area (Å²) in [5.74, 6) is 0.0498. The molecule has 1 aliphatic rings. The third kappa shape index (κ3) is 6.02. The van der Waals surface area contributed by atoms with E-state index in [1.54, 1.807) is 4.90 Å². The monoisotopic (exact) mass is 360 g/mol. The largest absolute Gasteiger partial charge is 0.336 e. The summed E-state index contributed by atoms with van der Waals surface area (Å²) in [6, 6.07) is 9.36. The van der Waals surface area contributed by atoms with Crippen LogP contribution < -0.4 is 15.5 Å². The summed E-state index contributed by atoms with van der Waals surface area (Å²) in [4.78, 5) is 28.5. The third-order valence-corrected chi connectivity index (χ3v) is 4.91. The molecule has 1 heterocycles. The molecule has 1 aliphatic heterocycles. The molecule has 0 radical (unpaired) electrons. The lowest BCUT2D eigenvalue weighted by Crippen LogP contribution is -2.46. The van der Waals surface area contributed by atoms with Crippen LogP contribution >= 0.6 is 0 Å². The van der Waals surface area contributed by atoms with E-state index in [9.17, 15) is 9.59 Å². The van der Waals surface area contributed by atoms with E-state index in [0.717, 1.165) is 38.2 Å². The zero-order chi connectivity index (χ0) is 18.9. The maximum absolute atomic E-state index is 12.2. The van der Waals surface area contributed by atoms with Gasteiger partial charge < -0.3 is 20.4 Å². The molecule has 2 rings (SSSR count). The van der Waals surface area contributed by atoms with Crippen LogP contribution in [0.4, 0.5) is 10.5 Å². The average Bonchev–Trinajstić information content (AvgIpc) is 2.99. The number of amides is 3. The average molecular weight is 361 g/mol. The maximum atomic E-state index is 12.2. The SMILES string of the molecule is CCN(CC)CCC[C@H](C)NC(=O)N[C@@H]1CC(=O)N(c2ccccc2)C1. The lowest BCUT2D eigenvalue weighted by Gasteiger charge is -2.21. The summed E-state index contributed by atoms with van der Waals surface area (Å²) in [5.41, 5.74) is 0.881. The Hall–Kier alpha value is -2.08. The van der Waals surface area contributed by atoms with Gasteiger partial charge in [-0.3, -0.25) is 4.79 Å². The molecule has 0 aliphatic carbocycles. The summed E-state index contributed by atoms with van der Waals surface area (Å²) in [5, 5.41) is 5.93. The Morgan fingerprint density at radius 3 is 2.62 bits per heavy atom. The second-order valence-electron chi connectivity index (χ2n) is 6.93. The van der Waals surface area contributed by atoms with Gasteiger partial charge in [0.25, 0.3) is 0 Å². The van der Waals surface area contributed by atoms with Crippen molar-refractivity contribution >= 4 is 17.6 Å². The van der Waals surface area contributed by atoms with Crippen molar-refractivity contribution < 1.29 is 9.59 Å². The molecule has 1 aromatic carbocycles. The second kappa shape index (κ2) is 10.2. The van der Waals surface area contributed by atoms with E-state index in [1.165, 1.54) is 0 Å². The van der Waals surface area contributed by atoms with E-state index >= 15 is 0 Å². The highest BCUT2D eigenvalue weighted by atomic mass is 16.2. The summed E-state index contributed by atoms with van der Waals surface area (Å²) >= 11 is 0. The Morgan fingerprint density at radius 1 is 1.27 bits per heavy atom. The summed E-state index contributed by atoms with van der Waals surface area (Å²) < 4.78 is 0. The maximum Gasteiger partial charge on any atom is 0.315 e. The van der Waals surface area contributed by atoms with Gasteiger partial charge in [0.05, 0.1) is 6.04 Å². The topological polar surface area (TPSA) is 64.7 Å². The Labute approximate surface area is 156 Å². The highest BCUT2D eigenvalue weighted by Gasteiger charge is 2.31. The number of carbonyl (C=O) groups is 2. The third-order valence-electron chi connectivity index (χ3n) is 4.91. The molecule has 0 aromatic heterocycles. The molecule has 6 heteroatoms. The van der Waals surface area contributed by atoms with Crippen LogP contribution in [0.25, 0.3) is 0 Å². The van der Waals surface area contributed by atoms with E-state index < -0.39 is 0 Å². The first kappa shape index (κ1) is 20.2. The predicted octanol–water partition coefficient (Wildman–Crippen LogP) is 2.60. The van der Waals surface area contributed by atoms with Crippen molar-refractivity contribution in [1.29, 1.82) is 0 Å². The summed E-state index contributed by atoms with van der Waals surface area (Å²) in [7, 11) is 0. The van der Waals surface area contributed by atoms with Gasteiger partial charge >= 0.3 is 6.03 Å². The van der Waals surface area contributed by atoms with Crippen molar-refractivity contribution in [3.63, 3.8) is 0 Å². The van der Waals surface area contributed by atoms with Gasteiger partial charge in [0.15, 0.2) is 0 Å². The van der Waals surface area contributed by atoms with Gasteiger partial charge in [-0.15, -0.1) is 0 Å². The number of rotatable bonds is 9. The number of hydrogen-bond donors (Lipinski definition) is 2. The summed E-state index contributed by atoms with van der Waals surface area (Å²) in [6.45, 7) is 10.1. The van der Waals surface area contributed by atoms with E-state index in [2.05, 4.69) is 29.4 Å². The summed E-state index contributed by atoms with van der Waals surface area (Å²) in [6.07, 6.45) is 2.36. The number of urea groups is 1. The molecule has 6 nitrogen and oxygen atoms in total. The minimum Gasteiger partial charge on any atom is -0.336 e. The zero-order valence-electron chi connectivity index (χ0n) is 16.2. The Kier molecular flexibility index (Phi) is 7.91. The first-order valence-corrected chi connectivity index (χ1v) is 9.68. The van der Waals surface area contributed by atoms with E-state index in [4.69, 9.17) is 0 Å². The molecule has 1 aromatic rings. The van der Waals surface area contributed by atoms with Gasteiger partial charge in [-0.05, 0) is 51.5 Å². The highest BCUT2D eigenvalue weighted by molar-refractivity contribution is 5.96. The molecule has 2 atom stereocenters. The molecule has 144 valence electrons. The zero-order valence-corrected chi connectivity index (χ0v) is 16.2. The van der Waals surface area contributed by atoms with E-state index in [0.29, 0.717) is 13.0 Å². The van der Waals surface area contributed by atoms with Crippen molar-refractivity contribution in [2.24, 2.45) is 0 Å². The number of carbonyl (C=O) groups excluding carboxylic acids is 2. The van der Waals surface area contributed by atoms with Gasteiger partial charge in [0.1, 0.15) is 0 Å². The van der Waals surface area contributed by atoms with Crippen LogP contribution in [0.3, 0.4) is 0 Å². The van der Waals surface area contributed by atoms with Crippen molar-refractivity contribution in [2.45, 2.75) is 52.1 Å². The standard InChI is InChI=1S/C20H32N4O2/c1-4-23(5-2)13-9-10-16(3)21-20(26)22-17-14-19(25)24(15-17)18-11-7-6-8-12-18/h6-8,11-12,16-17H,4-5,9-10,13-15H2,1-3H3,(H2,21,22,26)/t16-,17+/m0/s1. The molecular weight excluding hydrogens is 328 g/mol. The first-order valence-electron chi connectivity index (χ1n) is 9.68. The molecule has 1 fully saturated rings.